The average Bonchev–Trinajstić information content (AvgIpc) is 3.02. The molecular weight excluding hydrogens is 366 g/mol. The lowest BCUT2D eigenvalue weighted by atomic mass is 10.1. The third kappa shape index (κ3) is 3.19. The van der Waals surface area contributed by atoms with Crippen molar-refractivity contribution in [1.82, 2.24) is 9.97 Å². The van der Waals surface area contributed by atoms with Gasteiger partial charge in [0.1, 0.15) is 0 Å². The van der Waals surface area contributed by atoms with Crippen LogP contribution in [0.4, 0.5) is 5.13 Å². The van der Waals surface area contributed by atoms with Gasteiger partial charge in [0.05, 0.1) is 11.2 Å². The molecule has 6 heteroatoms. The quantitative estimate of drug-likeness (QED) is 0.506. The van der Waals surface area contributed by atoms with Crippen LogP contribution in [0.5, 0.6) is 0 Å². The van der Waals surface area contributed by atoms with Crippen LogP contribution >= 0.6 is 22.9 Å². The van der Waals surface area contributed by atoms with Crippen molar-refractivity contribution >= 4 is 44.9 Å². The van der Waals surface area contributed by atoms with E-state index < -0.39 is 0 Å². The third-order valence-corrected chi connectivity index (χ3v) is 5.16. The van der Waals surface area contributed by atoms with Crippen LogP contribution in [-0.2, 0) is 0 Å². The maximum Gasteiger partial charge on any atom is 0.258 e. The van der Waals surface area contributed by atoms with E-state index in [9.17, 15) is 4.79 Å². The Kier molecular flexibility index (Phi) is 4.41. The third-order valence-electron chi connectivity index (χ3n) is 4.03. The summed E-state index contributed by atoms with van der Waals surface area (Å²) in [6.07, 6.45) is 1.71. The van der Waals surface area contributed by atoms with E-state index in [0.29, 0.717) is 15.7 Å². The van der Waals surface area contributed by atoms with Crippen molar-refractivity contribution < 1.29 is 4.79 Å². The number of aromatic nitrogens is 2. The summed E-state index contributed by atoms with van der Waals surface area (Å²) in [7, 11) is 0. The highest BCUT2D eigenvalue weighted by atomic mass is 35.5. The van der Waals surface area contributed by atoms with E-state index in [0.717, 1.165) is 27.0 Å². The summed E-state index contributed by atoms with van der Waals surface area (Å²) in [4.78, 5) is 22.6. The van der Waals surface area contributed by atoms with E-state index >= 15 is 0 Å². The molecule has 0 aliphatic carbocycles. The maximum absolute atomic E-state index is 12.7. The first-order valence-electron chi connectivity index (χ1n) is 8.00. The van der Waals surface area contributed by atoms with Crippen molar-refractivity contribution in [2.24, 2.45) is 0 Å². The van der Waals surface area contributed by atoms with Crippen molar-refractivity contribution in [2.45, 2.75) is 6.92 Å². The van der Waals surface area contributed by atoms with E-state index in [2.05, 4.69) is 15.3 Å². The molecule has 1 N–H and O–H groups in total. The second-order valence-corrected chi connectivity index (χ2v) is 7.40. The van der Waals surface area contributed by atoms with Crippen molar-refractivity contribution in [3.63, 3.8) is 0 Å². The van der Waals surface area contributed by atoms with Crippen molar-refractivity contribution in [3.05, 3.63) is 76.3 Å². The maximum atomic E-state index is 12.7. The lowest BCUT2D eigenvalue weighted by Gasteiger charge is -2.05. The summed E-state index contributed by atoms with van der Waals surface area (Å²) in [5.41, 5.74) is 3.19. The Balaban J connectivity index is 1.64. The molecule has 0 saturated carbocycles. The largest absolute Gasteiger partial charge is 0.298 e. The van der Waals surface area contributed by atoms with Crippen LogP contribution in [0.1, 0.15) is 15.2 Å². The number of nitrogens with one attached hydrogen (secondary N) is 1. The van der Waals surface area contributed by atoms with Gasteiger partial charge in [0, 0.05) is 32.6 Å². The summed E-state index contributed by atoms with van der Waals surface area (Å²) in [6.45, 7) is 1.99. The molecular formula is C20H14ClN3OS. The van der Waals surface area contributed by atoms with Crippen LogP contribution in [0, 0.1) is 6.92 Å². The van der Waals surface area contributed by atoms with Crippen LogP contribution in [0.25, 0.3) is 22.2 Å². The zero-order valence-corrected chi connectivity index (χ0v) is 15.4. The summed E-state index contributed by atoms with van der Waals surface area (Å²) in [5, 5.41) is 4.97. The predicted octanol–water partition coefficient (Wildman–Crippen LogP) is 5.57. The fraction of sp³-hybridized carbons (Fsp3) is 0.0500. The number of rotatable bonds is 3. The Morgan fingerprint density at radius 2 is 1.88 bits per heavy atom. The number of pyridine rings is 1. The van der Waals surface area contributed by atoms with Crippen LogP contribution in [0.15, 0.2) is 60.8 Å². The molecule has 0 unspecified atom stereocenters. The van der Waals surface area contributed by atoms with Crippen molar-refractivity contribution in [3.8, 4) is 11.3 Å². The highest BCUT2D eigenvalue weighted by Crippen LogP contribution is 2.31. The normalized spacial score (nSPS) is 10.8. The van der Waals surface area contributed by atoms with Crippen molar-refractivity contribution in [1.29, 1.82) is 0 Å². The van der Waals surface area contributed by atoms with Crippen LogP contribution in [0.3, 0.4) is 0 Å². The van der Waals surface area contributed by atoms with Gasteiger partial charge in [-0.2, -0.15) is 0 Å². The number of anilines is 1. The number of benzene rings is 2. The topological polar surface area (TPSA) is 54.9 Å². The van der Waals surface area contributed by atoms with Crippen molar-refractivity contribution in [2.75, 3.05) is 5.32 Å². The molecule has 128 valence electrons. The van der Waals surface area contributed by atoms with Gasteiger partial charge in [-0.3, -0.25) is 15.1 Å². The fourth-order valence-electron chi connectivity index (χ4n) is 2.79. The lowest BCUT2D eigenvalue weighted by molar-refractivity contribution is 0.102. The molecule has 0 atom stereocenters. The molecule has 0 radical (unpaired) electrons. The van der Waals surface area contributed by atoms with Gasteiger partial charge in [-0.05, 0) is 37.3 Å². The first-order chi connectivity index (χ1) is 12.6. The number of hydrogen-bond acceptors (Lipinski definition) is 4. The number of carbonyl (C=O) groups excluding carboxylic acids is 1. The van der Waals surface area contributed by atoms with Gasteiger partial charge in [0.15, 0.2) is 5.13 Å². The minimum atomic E-state index is -0.194. The van der Waals surface area contributed by atoms with Crippen LogP contribution in [0.2, 0.25) is 5.02 Å². The number of halogens is 1. The monoisotopic (exact) mass is 379 g/mol. The average molecular weight is 380 g/mol. The van der Waals surface area contributed by atoms with Gasteiger partial charge in [0.25, 0.3) is 5.91 Å². The molecule has 0 fully saturated rings. The number of thiazole rings is 1. The van der Waals surface area contributed by atoms with Gasteiger partial charge in [0.2, 0.25) is 0 Å². The molecule has 0 aliphatic heterocycles. The predicted molar refractivity (Wildman–Crippen MR) is 107 cm³/mol. The van der Waals surface area contributed by atoms with E-state index in [1.807, 2.05) is 55.5 Å². The number of aryl methyl sites for hydroxylation is 1. The van der Waals surface area contributed by atoms with Gasteiger partial charge in [-0.25, -0.2) is 4.98 Å². The fourth-order valence-corrected chi connectivity index (χ4v) is 3.75. The standard InChI is InChI=1S/C20H14ClN3OS/c1-12-18(13-7-9-14(21)10-8-13)23-20(26-12)24-19(25)16-4-2-6-17-15(16)5-3-11-22-17/h2-11H,1H3,(H,23,24,25). The second kappa shape index (κ2) is 6.86. The first kappa shape index (κ1) is 16.7. The molecule has 2 aromatic carbocycles. The molecule has 2 aromatic heterocycles. The highest BCUT2D eigenvalue weighted by molar-refractivity contribution is 7.16. The Morgan fingerprint density at radius 3 is 2.69 bits per heavy atom. The molecule has 0 bridgehead atoms. The second-order valence-electron chi connectivity index (χ2n) is 5.76. The Hall–Kier alpha value is -2.76. The molecule has 26 heavy (non-hydrogen) atoms. The molecule has 0 aliphatic rings. The smallest absolute Gasteiger partial charge is 0.258 e. The van der Waals surface area contributed by atoms with E-state index in [1.165, 1.54) is 11.3 Å². The Bertz CT molecular complexity index is 1100. The van der Waals surface area contributed by atoms with Gasteiger partial charge >= 0.3 is 0 Å². The van der Waals surface area contributed by atoms with Gasteiger partial charge in [-0.15, -0.1) is 11.3 Å². The zero-order chi connectivity index (χ0) is 18.1. The first-order valence-corrected chi connectivity index (χ1v) is 9.20. The van der Waals surface area contributed by atoms with E-state index in [4.69, 9.17) is 11.6 Å². The summed E-state index contributed by atoms with van der Waals surface area (Å²) >= 11 is 7.40. The summed E-state index contributed by atoms with van der Waals surface area (Å²) in [6, 6.07) is 16.7. The minimum Gasteiger partial charge on any atom is -0.298 e. The molecule has 4 nitrogen and oxygen atoms in total. The zero-order valence-electron chi connectivity index (χ0n) is 13.9. The molecule has 4 rings (SSSR count). The Labute approximate surface area is 159 Å². The molecule has 0 saturated heterocycles. The van der Waals surface area contributed by atoms with E-state index in [1.54, 1.807) is 12.3 Å². The van der Waals surface area contributed by atoms with Gasteiger partial charge in [-0.1, -0.05) is 35.9 Å². The highest BCUT2D eigenvalue weighted by Gasteiger charge is 2.15. The Morgan fingerprint density at radius 1 is 1.08 bits per heavy atom. The number of carbonyl (C=O) groups is 1. The number of amides is 1. The number of nitrogens with zero attached hydrogens (tertiary/aromatic N) is 2. The number of hydrogen-bond donors (Lipinski definition) is 1. The summed E-state index contributed by atoms with van der Waals surface area (Å²) < 4.78 is 0. The molecule has 1 amide bonds. The summed E-state index contributed by atoms with van der Waals surface area (Å²) in [5.74, 6) is -0.194. The van der Waals surface area contributed by atoms with E-state index in [-0.39, 0.29) is 5.91 Å². The molecule has 2 heterocycles. The minimum absolute atomic E-state index is 0.194. The SMILES string of the molecule is Cc1sc(NC(=O)c2cccc3ncccc23)nc1-c1ccc(Cl)cc1. The van der Waals surface area contributed by atoms with Crippen LogP contribution < -0.4 is 5.32 Å². The molecule has 4 aromatic rings. The lowest BCUT2D eigenvalue weighted by Crippen LogP contribution is -2.12. The molecule has 0 spiro atoms. The van der Waals surface area contributed by atoms with Gasteiger partial charge < -0.3 is 0 Å². The van der Waals surface area contributed by atoms with Crippen LogP contribution in [-0.4, -0.2) is 15.9 Å². The number of fused-ring (bicyclic) bond motifs is 1.